The molecule has 0 saturated carbocycles. The van der Waals surface area contributed by atoms with E-state index in [-0.39, 0.29) is 9.37 Å². The van der Waals surface area contributed by atoms with Crippen molar-refractivity contribution in [1.82, 2.24) is 8.61 Å². The quantitative estimate of drug-likeness (QED) is 0.257. The van der Waals surface area contributed by atoms with E-state index in [1.807, 2.05) is 4.31 Å². The minimum Gasteiger partial charge on any atom is -0.358 e. The van der Waals surface area contributed by atoms with Crippen LogP contribution in [0.4, 0.5) is 26.3 Å². The van der Waals surface area contributed by atoms with Crippen LogP contribution in [0.1, 0.15) is 24.0 Å². The van der Waals surface area contributed by atoms with Gasteiger partial charge in [-0.2, -0.15) is 26.3 Å². The second-order valence-electron chi connectivity index (χ2n) is 7.95. The smallest absolute Gasteiger partial charge is 0.358 e. The number of nitrogens with zero attached hydrogens (tertiary/aromatic N) is 2. The zero-order valence-corrected chi connectivity index (χ0v) is 22.6. The fourth-order valence-electron chi connectivity index (χ4n) is 3.95. The molecule has 2 heterocycles. The van der Waals surface area contributed by atoms with Crippen molar-refractivity contribution >= 4 is 54.8 Å². The summed E-state index contributed by atoms with van der Waals surface area (Å²) in [5.74, 6) is 0. The van der Waals surface area contributed by atoms with Gasteiger partial charge in [-0.05, 0) is 80.2 Å². The Morgan fingerprint density at radius 1 is 0.886 bits per heavy atom. The van der Waals surface area contributed by atoms with Crippen LogP contribution in [0.15, 0.2) is 55.1 Å². The average molecular weight is 668 g/mol. The van der Waals surface area contributed by atoms with E-state index in [4.69, 9.17) is 4.74 Å². The van der Waals surface area contributed by atoms with E-state index in [0.29, 0.717) is 48.5 Å². The third kappa shape index (κ3) is 5.93. The normalized spacial score (nSPS) is 20.5. The van der Waals surface area contributed by atoms with Gasteiger partial charge in [-0.3, -0.25) is 0 Å². The maximum atomic E-state index is 13.1. The molecular weight excluding hydrogens is 650 g/mol. The lowest BCUT2D eigenvalue weighted by Crippen LogP contribution is -2.51. The Balaban J connectivity index is 1.44. The zero-order chi connectivity index (χ0) is 25.6. The highest BCUT2D eigenvalue weighted by atomic mass is 79.9. The van der Waals surface area contributed by atoms with Crippen LogP contribution in [0.3, 0.4) is 0 Å². The molecule has 35 heavy (non-hydrogen) atoms. The van der Waals surface area contributed by atoms with Crippen molar-refractivity contribution in [3.63, 3.8) is 0 Å². The van der Waals surface area contributed by atoms with Gasteiger partial charge in [-0.15, -0.1) is 0 Å². The molecule has 4 rings (SSSR count). The van der Waals surface area contributed by atoms with E-state index in [0.717, 1.165) is 24.3 Å². The van der Waals surface area contributed by atoms with Gasteiger partial charge in [0.1, 0.15) is 16.7 Å². The lowest BCUT2D eigenvalue weighted by Gasteiger charge is -2.42. The fraction of sp³-hybridized carbons (Fsp3) is 0.429. The standard InChI is InChI=1S/C21H18Br2F6N2O2S2/c22-15-11-13(20(24,25)26)1-3-17(15)34-31-9-10-33-19(31)5-7-30(8-6-19)35(32)18-4-2-14(12-16(18)23)21(27,28)29/h1-4,11-12H,5-10H2. The van der Waals surface area contributed by atoms with Gasteiger partial charge in [-0.25, -0.2) is 12.8 Å². The lowest BCUT2D eigenvalue weighted by atomic mass is 10.0. The summed E-state index contributed by atoms with van der Waals surface area (Å²) < 4.78 is 101. The van der Waals surface area contributed by atoms with E-state index in [1.165, 1.54) is 24.1 Å². The van der Waals surface area contributed by atoms with Crippen molar-refractivity contribution in [3.05, 3.63) is 56.5 Å². The van der Waals surface area contributed by atoms with Crippen molar-refractivity contribution in [2.24, 2.45) is 0 Å². The van der Waals surface area contributed by atoms with Crippen LogP contribution in [0, 0.1) is 0 Å². The lowest BCUT2D eigenvalue weighted by molar-refractivity contribution is -0.138. The first kappa shape index (κ1) is 27.4. The summed E-state index contributed by atoms with van der Waals surface area (Å²) in [7, 11) is -1.67. The molecule has 2 aliphatic heterocycles. The van der Waals surface area contributed by atoms with Crippen molar-refractivity contribution < 1.29 is 35.3 Å². The largest absolute Gasteiger partial charge is 0.416 e. The number of hydrogen-bond donors (Lipinski definition) is 0. The molecule has 0 radical (unpaired) electrons. The van der Waals surface area contributed by atoms with Gasteiger partial charge in [0.15, 0.2) is 0 Å². The molecule has 2 fully saturated rings. The number of alkyl halides is 6. The van der Waals surface area contributed by atoms with Crippen LogP contribution in [0.2, 0.25) is 0 Å². The number of benzene rings is 2. The van der Waals surface area contributed by atoms with Gasteiger partial charge in [0.05, 0.1) is 22.6 Å². The summed E-state index contributed by atoms with van der Waals surface area (Å²) in [6, 6.07) is 6.52. The van der Waals surface area contributed by atoms with Crippen molar-refractivity contribution in [1.29, 1.82) is 0 Å². The van der Waals surface area contributed by atoms with Gasteiger partial charge in [0.25, 0.3) is 0 Å². The van der Waals surface area contributed by atoms with E-state index in [9.17, 15) is 30.6 Å². The maximum Gasteiger partial charge on any atom is 0.416 e. The molecule has 192 valence electrons. The van der Waals surface area contributed by atoms with E-state index >= 15 is 0 Å². The second-order valence-corrected chi connectivity index (χ2v) is 12.2. The Bertz CT molecular complexity index is 1120. The SMILES string of the molecule is O=S(c1ccc(C(F)(F)F)cc1Br)N1CCC2(CC1)OCCN2Sc1ccc(C(F)(F)F)cc1Br. The monoisotopic (exact) mass is 666 g/mol. The van der Waals surface area contributed by atoms with Gasteiger partial charge in [0, 0.05) is 46.3 Å². The number of piperidine rings is 1. The van der Waals surface area contributed by atoms with Gasteiger partial charge in [0.2, 0.25) is 0 Å². The first-order valence-electron chi connectivity index (χ1n) is 10.3. The summed E-state index contributed by atoms with van der Waals surface area (Å²) in [5, 5.41) is 0. The molecule has 0 bridgehead atoms. The van der Waals surface area contributed by atoms with E-state index in [1.54, 1.807) is 4.31 Å². The Hall–Kier alpha value is -0.640. The number of halogens is 8. The Kier molecular flexibility index (Phi) is 8.03. The topological polar surface area (TPSA) is 32.8 Å². The van der Waals surface area contributed by atoms with Gasteiger partial charge >= 0.3 is 12.4 Å². The molecular formula is C21H18Br2F6N2O2S2. The zero-order valence-electron chi connectivity index (χ0n) is 17.8. The molecule has 2 aromatic rings. The van der Waals surface area contributed by atoms with Crippen molar-refractivity contribution in [2.75, 3.05) is 26.2 Å². The third-order valence-corrected chi connectivity index (χ3v) is 10.5. The minimum absolute atomic E-state index is 0.118. The molecule has 0 aromatic heterocycles. The third-order valence-electron chi connectivity index (χ3n) is 5.77. The molecule has 14 heteroatoms. The van der Waals surface area contributed by atoms with Crippen LogP contribution in [-0.4, -0.2) is 44.8 Å². The van der Waals surface area contributed by atoms with Crippen LogP contribution >= 0.6 is 43.8 Å². The summed E-state index contributed by atoms with van der Waals surface area (Å²) in [6.45, 7) is 1.74. The van der Waals surface area contributed by atoms with Crippen molar-refractivity contribution in [3.8, 4) is 0 Å². The molecule has 2 aliphatic rings. The van der Waals surface area contributed by atoms with Crippen LogP contribution < -0.4 is 0 Å². The van der Waals surface area contributed by atoms with Crippen LogP contribution in [0.25, 0.3) is 0 Å². The molecule has 0 amide bonds. The highest BCUT2D eigenvalue weighted by Gasteiger charge is 2.46. The first-order valence-corrected chi connectivity index (χ1v) is 13.8. The molecule has 0 aliphatic carbocycles. The summed E-state index contributed by atoms with van der Waals surface area (Å²) in [6.07, 6.45) is -7.98. The second kappa shape index (κ2) is 10.3. The summed E-state index contributed by atoms with van der Waals surface area (Å²) >= 11 is 7.63. The number of hydrogen-bond acceptors (Lipinski definition) is 4. The van der Waals surface area contributed by atoms with E-state index < -0.39 is 40.2 Å². The van der Waals surface area contributed by atoms with Gasteiger partial charge < -0.3 is 4.74 Å². The van der Waals surface area contributed by atoms with Crippen LogP contribution in [0.5, 0.6) is 0 Å². The Labute approximate surface area is 221 Å². The van der Waals surface area contributed by atoms with Gasteiger partial charge in [-0.1, -0.05) is 0 Å². The molecule has 0 N–H and O–H groups in total. The van der Waals surface area contributed by atoms with Crippen molar-refractivity contribution in [2.45, 2.75) is 40.7 Å². The molecule has 1 atom stereocenters. The Morgan fingerprint density at radius 3 is 2.00 bits per heavy atom. The number of rotatable bonds is 4. The molecule has 2 aromatic carbocycles. The van der Waals surface area contributed by atoms with Crippen LogP contribution in [-0.2, 0) is 28.1 Å². The predicted octanol–water partition coefficient (Wildman–Crippen LogP) is 7.10. The maximum absolute atomic E-state index is 13.1. The molecule has 2 saturated heterocycles. The van der Waals surface area contributed by atoms with E-state index in [2.05, 4.69) is 31.9 Å². The highest BCUT2D eigenvalue weighted by Crippen LogP contribution is 2.44. The number of ether oxygens (including phenoxy) is 1. The minimum atomic E-state index is -4.50. The predicted molar refractivity (Wildman–Crippen MR) is 127 cm³/mol. The molecule has 1 spiro atoms. The fourth-order valence-corrected chi connectivity index (χ4v) is 7.62. The summed E-state index contributed by atoms with van der Waals surface area (Å²) in [4.78, 5) is 0.865. The molecule has 1 unspecified atom stereocenters. The average Bonchev–Trinajstić information content (AvgIpc) is 3.15. The molecule has 4 nitrogen and oxygen atoms in total. The first-order chi connectivity index (χ1) is 16.3. The Morgan fingerprint density at radius 2 is 1.46 bits per heavy atom. The highest BCUT2D eigenvalue weighted by molar-refractivity contribution is 9.10. The summed E-state index contributed by atoms with van der Waals surface area (Å²) in [5.41, 5.74) is -2.25.